The van der Waals surface area contributed by atoms with E-state index in [4.69, 9.17) is 9.47 Å². The number of carbonyl (C=O) groups excluding carboxylic acids is 1. The third kappa shape index (κ3) is 5.23. The molecule has 1 unspecified atom stereocenters. The molecule has 6 heteroatoms. The Labute approximate surface area is 159 Å². The van der Waals surface area contributed by atoms with Gasteiger partial charge in [-0.25, -0.2) is 0 Å². The smallest absolute Gasteiger partial charge is 0.315 e. The van der Waals surface area contributed by atoms with Gasteiger partial charge in [-0.3, -0.25) is 9.59 Å². The summed E-state index contributed by atoms with van der Waals surface area (Å²) in [6.45, 7) is 1.63. The summed E-state index contributed by atoms with van der Waals surface area (Å²) < 4.78 is 10.5. The molecule has 0 aliphatic rings. The molecule has 0 aromatic heterocycles. The van der Waals surface area contributed by atoms with E-state index in [1.807, 2.05) is 18.2 Å². The summed E-state index contributed by atoms with van der Waals surface area (Å²) >= 11 is 0. The van der Waals surface area contributed by atoms with E-state index in [1.54, 1.807) is 51.5 Å². The van der Waals surface area contributed by atoms with Crippen molar-refractivity contribution in [2.24, 2.45) is 0 Å². The molecule has 144 valence electrons. The number of carboxylic acids is 1. The molecular weight excluding hydrogens is 346 g/mol. The van der Waals surface area contributed by atoms with Crippen molar-refractivity contribution in [3.05, 3.63) is 59.7 Å². The van der Waals surface area contributed by atoms with E-state index in [2.05, 4.69) is 5.32 Å². The number of carbonyl (C=O) groups is 2. The summed E-state index contributed by atoms with van der Waals surface area (Å²) in [6, 6.07) is 14.4. The summed E-state index contributed by atoms with van der Waals surface area (Å²) in [5.41, 5.74) is 0.372. The Balaban J connectivity index is 1.98. The number of amides is 1. The molecule has 2 aromatic rings. The molecule has 2 rings (SSSR count). The van der Waals surface area contributed by atoms with Crippen molar-refractivity contribution >= 4 is 11.9 Å². The molecule has 0 heterocycles. The van der Waals surface area contributed by atoms with Gasteiger partial charge < -0.3 is 19.9 Å². The van der Waals surface area contributed by atoms with Gasteiger partial charge in [-0.1, -0.05) is 30.3 Å². The Hall–Kier alpha value is -3.02. The van der Waals surface area contributed by atoms with Gasteiger partial charge in [0.2, 0.25) is 5.91 Å². The van der Waals surface area contributed by atoms with Crippen LogP contribution in [-0.2, 0) is 21.4 Å². The fourth-order valence-corrected chi connectivity index (χ4v) is 2.74. The second kappa shape index (κ2) is 9.07. The average Bonchev–Trinajstić information content (AvgIpc) is 2.70. The lowest BCUT2D eigenvalue weighted by Gasteiger charge is -2.25. The number of aliphatic carboxylic acids is 1. The lowest BCUT2D eigenvalue weighted by molar-refractivity contribution is -0.143. The topological polar surface area (TPSA) is 84.9 Å². The van der Waals surface area contributed by atoms with Crippen LogP contribution in [0.5, 0.6) is 11.5 Å². The van der Waals surface area contributed by atoms with Crippen molar-refractivity contribution in [1.82, 2.24) is 5.32 Å². The molecule has 2 aromatic carbocycles. The molecule has 0 spiro atoms. The quantitative estimate of drug-likeness (QED) is 0.708. The van der Waals surface area contributed by atoms with E-state index < -0.39 is 11.4 Å². The van der Waals surface area contributed by atoms with Crippen molar-refractivity contribution in [3.63, 3.8) is 0 Å². The highest BCUT2D eigenvalue weighted by molar-refractivity contribution is 5.83. The number of hydrogen-bond acceptors (Lipinski definition) is 4. The van der Waals surface area contributed by atoms with E-state index in [0.717, 1.165) is 5.56 Å². The summed E-state index contributed by atoms with van der Waals surface area (Å²) in [4.78, 5) is 24.0. The summed E-state index contributed by atoms with van der Waals surface area (Å²) in [5, 5.41) is 12.4. The van der Waals surface area contributed by atoms with E-state index >= 15 is 0 Å². The number of benzene rings is 2. The van der Waals surface area contributed by atoms with Gasteiger partial charge in [0.05, 0.1) is 14.2 Å². The highest BCUT2D eigenvalue weighted by Crippen LogP contribution is 2.24. The van der Waals surface area contributed by atoms with Crippen LogP contribution in [0.2, 0.25) is 0 Å². The summed E-state index contributed by atoms with van der Waals surface area (Å²) in [7, 11) is 3.14. The summed E-state index contributed by atoms with van der Waals surface area (Å²) in [5.74, 6) is 0.131. The van der Waals surface area contributed by atoms with Gasteiger partial charge in [0.25, 0.3) is 0 Å². The Morgan fingerprint density at radius 3 is 2.15 bits per heavy atom. The van der Waals surface area contributed by atoms with E-state index in [1.165, 1.54) is 0 Å². The molecule has 0 saturated carbocycles. The van der Waals surface area contributed by atoms with Gasteiger partial charge in [-0.2, -0.15) is 0 Å². The van der Waals surface area contributed by atoms with Gasteiger partial charge in [0, 0.05) is 19.0 Å². The van der Waals surface area contributed by atoms with Gasteiger partial charge in [-0.05, 0) is 36.6 Å². The Morgan fingerprint density at radius 1 is 1.04 bits per heavy atom. The molecule has 2 N–H and O–H groups in total. The number of hydrogen-bond donors (Lipinski definition) is 2. The molecule has 1 atom stereocenters. The number of carboxylic acid groups (broad SMARTS) is 1. The van der Waals surface area contributed by atoms with Gasteiger partial charge >= 0.3 is 5.97 Å². The summed E-state index contributed by atoms with van der Waals surface area (Å²) in [6.07, 6.45) is 0.731. The van der Waals surface area contributed by atoms with E-state index in [-0.39, 0.29) is 18.9 Å². The van der Waals surface area contributed by atoms with Gasteiger partial charge in [0.1, 0.15) is 16.9 Å². The molecule has 27 heavy (non-hydrogen) atoms. The van der Waals surface area contributed by atoms with Crippen LogP contribution in [0.15, 0.2) is 48.5 Å². The zero-order valence-corrected chi connectivity index (χ0v) is 15.8. The molecule has 0 aliphatic heterocycles. The minimum absolute atomic E-state index is 0.0204. The monoisotopic (exact) mass is 371 g/mol. The van der Waals surface area contributed by atoms with Crippen molar-refractivity contribution in [3.8, 4) is 11.5 Å². The first kappa shape index (κ1) is 20.3. The second-order valence-electron chi connectivity index (χ2n) is 6.50. The SMILES string of the molecule is COc1cc(CCC(=O)NCC(C)(C(=O)O)c2ccccc2)cc(OC)c1. The van der Waals surface area contributed by atoms with Crippen LogP contribution in [0.3, 0.4) is 0 Å². The lowest BCUT2D eigenvalue weighted by atomic mass is 9.82. The van der Waals surface area contributed by atoms with Crippen molar-refractivity contribution in [2.75, 3.05) is 20.8 Å². The third-order valence-electron chi connectivity index (χ3n) is 4.57. The molecule has 0 saturated heterocycles. The first-order valence-corrected chi connectivity index (χ1v) is 8.66. The predicted molar refractivity (Wildman–Crippen MR) is 102 cm³/mol. The van der Waals surface area contributed by atoms with Crippen LogP contribution >= 0.6 is 0 Å². The van der Waals surface area contributed by atoms with Crippen LogP contribution in [0, 0.1) is 0 Å². The average molecular weight is 371 g/mol. The molecular formula is C21H25NO5. The fourth-order valence-electron chi connectivity index (χ4n) is 2.74. The van der Waals surface area contributed by atoms with Crippen LogP contribution in [0.25, 0.3) is 0 Å². The maximum atomic E-state index is 12.3. The minimum Gasteiger partial charge on any atom is -0.497 e. The number of rotatable bonds is 9. The maximum absolute atomic E-state index is 12.3. The van der Waals surface area contributed by atoms with Gasteiger partial charge in [-0.15, -0.1) is 0 Å². The van der Waals surface area contributed by atoms with Crippen LogP contribution < -0.4 is 14.8 Å². The van der Waals surface area contributed by atoms with Crippen molar-refractivity contribution < 1.29 is 24.2 Å². The molecule has 0 aliphatic carbocycles. The lowest BCUT2D eigenvalue weighted by Crippen LogP contribution is -2.44. The Bertz CT molecular complexity index is 768. The highest BCUT2D eigenvalue weighted by atomic mass is 16.5. The van der Waals surface area contributed by atoms with Crippen molar-refractivity contribution in [2.45, 2.75) is 25.2 Å². The van der Waals surface area contributed by atoms with Gasteiger partial charge in [0.15, 0.2) is 0 Å². The molecule has 0 bridgehead atoms. The number of aryl methyl sites for hydroxylation is 1. The first-order chi connectivity index (χ1) is 12.9. The zero-order chi connectivity index (χ0) is 19.9. The normalized spacial score (nSPS) is 12.7. The predicted octanol–water partition coefficient (Wildman–Crippen LogP) is 2.80. The van der Waals surface area contributed by atoms with E-state index in [9.17, 15) is 14.7 Å². The molecule has 0 radical (unpaired) electrons. The first-order valence-electron chi connectivity index (χ1n) is 8.66. The Kier molecular flexibility index (Phi) is 6.82. The van der Waals surface area contributed by atoms with Crippen molar-refractivity contribution in [1.29, 1.82) is 0 Å². The maximum Gasteiger partial charge on any atom is 0.315 e. The molecule has 1 amide bonds. The third-order valence-corrected chi connectivity index (χ3v) is 4.57. The standard InChI is InChI=1S/C21H25NO5/c1-21(20(24)25,16-7-5-4-6-8-16)14-22-19(23)10-9-15-11-17(26-2)13-18(12-15)27-3/h4-8,11-13H,9-10,14H2,1-3H3,(H,22,23)(H,24,25). The van der Waals surface area contributed by atoms with Crippen LogP contribution in [0.4, 0.5) is 0 Å². The molecule has 0 fully saturated rings. The highest BCUT2D eigenvalue weighted by Gasteiger charge is 2.35. The zero-order valence-electron chi connectivity index (χ0n) is 15.8. The fraction of sp³-hybridized carbons (Fsp3) is 0.333. The second-order valence-corrected chi connectivity index (χ2v) is 6.50. The van der Waals surface area contributed by atoms with E-state index in [0.29, 0.717) is 23.5 Å². The minimum atomic E-state index is -1.18. The largest absolute Gasteiger partial charge is 0.497 e. The number of methoxy groups -OCH3 is 2. The Morgan fingerprint density at radius 2 is 1.63 bits per heavy atom. The van der Waals surface area contributed by atoms with Crippen LogP contribution in [-0.4, -0.2) is 37.7 Å². The number of ether oxygens (including phenoxy) is 2. The van der Waals surface area contributed by atoms with Crippen LogP contribution in [0.1, 0.15) is 24.5 Å². The number of nitrogens with one attached hydrogen (secondary N) is 1. The molecule has 6 nitrogen and oxygen atoms in total.